The normalized spacial score (nSPS) is 10.7. The van der Waals surface area contributed by atoms with Crippen LogP contribution in [-0.4, -0.2) is 29.9 Å². The van der Waals surface area contributed by atoms with Crippen LogP contribution in [-0.2, 0) is 13.0 Å². The van der Waals surface area contributed by atoms with Crippen LogP contribution in [0.3, 0.4) is 0 Å². The van der Waals surface area contributed by atoms with Crippen LogP contribution < -0.4 is 0 Å². The van der Waals surface area contributed by atoms with E-state index in [1.165, 1.54) is 6.33 Å². The highest BCUT2D eigenvalue weighted by atomic mass is 32.1. The molecule has 0 atom stereocenters. The van der Waals surface area contributed by atoms with Gasteiger partial charge in [-0.15, -0.1) is 0 Å². The van der Waals surface area contributed by atoms with Gasteiger partial charge in [0.05, 0.1) is 0 Å². The molecule has 8 heteroatoms. The molecule has 0 aromatic carbocycles. The van der Waals surface area contributed by atoms with Gasteiger partial charge in [0, 0.05) is 30.9 Å². The highest BCUT2D eigenvalue weighted by molar-refractivity contribution is 7.71. The lowest BCUT2D eigenvalue weighted by atomic mass is 10.2. The van der Waals surface area contributed by atoms with Crippen LogP contribution in [0.15, 0.2) is 35.4 Å². The lowest BCUT2D eigenvalue weighted by Crippen LogP contribution is -2.04. The second-order valence-corrected chi connectivity index (χ2v) is 4.22. The maximum atomic E-state index is 5.23. The fourth-order valence-corrected chi connectivity index (χ4v) is 1.98. The van der Waals surface area contributed by atoms with Gasteiger partial charge in [-0.1, -0.05) is 5.16 Å². The Morgan fingerprint density at radius 2 is 2.37 bits per heavy atom. The third-order valence-corrected chi connectivity index (χ3v) is 2.95. The number of nitrogens with zero attached hydrogens (tertiary/aromatic N) is 5. The third-order valence-electron chi connectivity index (χ3n) is 2.63. The van der Waals surface area contributed by atoms with Crippen molar-refractivity contribution in [1.29, 1.82) is 0 Å². The average molecular weight is 274 g/mol. The minimum Gasteiger partial charge on any atom is -0.340 e. The van der Waals surface area contributed by atoms with Crippen molar-refractivity contribution in [3.63, 3.8) is 0 Å². The Bertz CT molecular complexity index is 702. The van der Waals surface area contributed by atoms with Crippen molar-refractivity contribution in [3.8, 4) is 11.4 Å². The largest absolute Gasteiger partial charge is 0.340 e. The molecule has 1 N–H and O–H groups in total. The summed E-state index contributed by atoms with van der Waals surface area (Å²) in [7, 11) is 0. The number of hydrogen-bond donors (Lipinski definition) is 1. The molecule has 0 saturated carbocycles. The third kappa shape index (κ3) is 2.43. The maximum absolute atomic E-state index is 5.23. The van der Waals surface area contributed by atoms with Crippen molar-refractivity contribution in [2.24, 2.45) is 0 Å². The predicted octanol–water partition coefficient (Wildman–Crippen LogP) is 1.63. The van der Waals surface area contributed by atoms with E-state index in [2.05, 4.69) is 25.3 Å². The van der Waals surface area contributed by atoms with E-state index in [0.717, 1.165) is 11.4 Å². The zero-order valence-corrected chi connectivity index (χ0v) is 10.7. The van der Waals surface area contributed by atoms with Crippen molar-refractivity contribution in [1.82, 2.24) is 29.9 Å². The molecule has 7 nitrogen and oxygen atoms in total. The van der Waals surface area contributed by atoms with E-state index in [0.29, 0.717) is 23.6 Å². The van der Waals surface area contributed by atoms with Gasteiger partial charge in [-0.3, -0.25) is 14.6 Å². The number of aromatic nitrogens is 6. The van der Waals surface area contributed by atoms with Gasteiger partial charge in [0.1, 0.15) is 0 Å². The van der Waals surface area contributed by atoms with Gasteiger partial charge in [0.15, 0.2) is 16.9 Å². The number of pyridine rings is 1. The summed E-state index contributed by atoms with van der Waals surface area (Å²) in [4.78, 5) is 8.06. The standard InChI is InChI=1S/C11H10N6OS/c19-11-16-15-10(8-2-1-4-12-6-8)17(11)5-3-9-13-7-14-18-9/h1-2,4,6-7H,3,5H2,(H,16,19). The molecule has 3 heterocycles. The fourth-order valence-electron chi connectivity index (χ4n) is 1.75. The van der Waals surface area contributed by atoms with E-state index >= 15 is 0 Å². The van der Waals surface area contributed by atoms with Crippen molar-refractivity contribution in [2.45, 2.75) is 13.0 Å². The summed E-state index contributed by atoms with van der Waals surface area (Å²) in [5, 5.41) is 10.6. The first-order valence-electron chi connectivity index (χ1n) is 5.66. The summed E-state index contributed by atoms with van der Waals surface area (Å²) in [6.45, 7) is 0.613. The summed E-state index contributed by atoms with van der Waals surface area (Å²) in [6, 6.07) is 3.79. The highest BCUT2D eigenvalue weighted by Crippen LogP contribution is 2.15. The first kappa shape index (κ1) is 11.7. The van der Waals surface area contributed by atoms with Crippen molar-refractivity contribution in [2.75, 3.05) is 0 Å². The molecule has 0 fully saturated rings. The summed E-state index contributed by atoms with van der Waals surface area (Å²) in [5.41, 5.74) is 0.903. The molecule has 3 aromatic heterocycles. The van der Waals surface area contributed by atoms with Gasteiger partial charge in [-0.2, -0.15) is 10.1 Å². The van der Waals surface area contributed by atoms with E-state index in [4.69, 9.17) is 16.7 Å². The van der Waals surface area contributed by atoms with E-state index in [1.807, 2.05) is 16.7 Å². The molecule has 0 unspecified atom stereocenters. The molecule has 0 aliphatic rings. The number of rotatable bonds is 4. The highest BCUT2D eigenvalue weighted by Gasteiger charge is 2.10. The minimum atomic E-state index is 0.554. The van der Waals surface area contributed by atoms with E-state index in [9.17, 15) is 0 Å². The average Bonchev–Trinajstić information content (AvgIpc) is 3.07. The van der Waals surface area contributed by atoms with Crippen LogP contribution in [0.1, 0.15) is 5.89 Å². The Labute approximate surface area is 113 Å². The molecule has 0 radical (unpaired) electrons. The van der Waals surface area contributed by atoms with E-state index in [1.54, 1.807) is 12.4 Å². The lowest BCUT2D eigenvalue weighted by molar-refractivity contribution is 0.371. The quantitative estimate of drug-likeness (QED) is 0.728. The Morgan fingerprint density at radius 3 is 3.11 bits per heavy atom. The SMILES string of the molecule is S=c1[nH]nc(-c2cccnc2)n1CCc1ncno1. The smallest absolute Gasteiger partial charge is 0.228 e. The zero-order valence-electron chi connectivity index (χ0n) is 9.85. The Balaban J connectivity index is 1.89. The lowest BCUT2D eigenvalue weighted by Gasteiger charge is -2.04. The van der Waals surface area contributed by atoms with Gasteiger partial charge in [-0.25, -0.2) is 0 Å². The Kier molecular flexibility index (Phi) is 3.15. The molecule has 19 heavy (non-hydrogen) atoms. The van der Waals surface area contributed by atoms with Crippen LogP contribution in [0.2, 0.25) is 0 Å². The maximum Gasteiger partial charge on any atom is 0.228 e. The van der Waals surface area contributed by atoms with Gasteiger partial charge in [-0.05, 0) is 24.4 Å². The van der Waals surface area contributed by atoms with Crippen LogP contribution in [0, 0.1) is 4.77 Å². The van der Waals surface area contributed by atoms with Crippen molar-refractivity contribution >= 4 is 12.2 Å². The summed E-state index contributed by atoms with van der Waals surface area (Å²) in [5.74, 6) is 1.32. The molecular weight excluding hydrogens is 264 g/mol. The molecular formula is C11H10N6OS. The molecule has 0 saturated heterocycles. The minimum absolute atomic E-state index is 0.554. The molecule has 0 aliphatic heterocycles. The van der Waals surface area contributed by atoms with Gasteiger partial charge >= 0.3 is 0 Å². The molecule has 3 aromatic rings. The van der Waals surface area contributed by atoms with Gasteiger partial charge in [0.25, 0.3) is 0 Å². The first-order chi connectivity index (χ1) is 9.34. The van der Waals surface area contributed by atoms with Crippen LogP contribution in [0.5, 0.6) is 0 Å². The van der Waals surface area contributed by atoms with E-state index in [-0.39, 0.29) is 0 Å². The van der Waals surface area contributed by atoms with E-state index < -0.39 is 0 Å². The first-order valence-corrected chi connectivity index (χ1v) is 6.06. The van der Waals surface area contributed by atoms with Crippen molar-refractivity contribution in [3.05, 3.63) is 41.5 Å². The number of hydrogen-bond acceptors (Lipinski definition) is 6. The Hall–Kier alpha value is -2.35. The second-order valence-electron chi connectivity index (χ2n) is 3.83. The molecule has 96 valence electrons. The molecule has 3 rings (SSSR count). The molecule has 0 amide bonds. The fraction of sp³-hybridized carbons (Fsp3) is 0.182. The number of nitrogens with one attached hydrogen (secondary N) is 1. The van der Waals surface area contributed by atoms with Crippen LogP contribution >= 0.6 is 12.2 Å². The second kappa shape index (κ2) is 5.11. The number of aryl methyl sites for hydroxylation is 1. The summed E-state index contributed by atoms with van der Waals surface area (Å²) >= 11 is 5.23. The summed E-state index contributed by atoms with van der Waals surface area (Å²) < 4.78 is 7.41. The van der Waals surface area contributed by atoms with Gasteiger partial charge < -0.3 is 4.52 Å². The zero-order chi connectivity index (χ0) is 13.1. The Morgan fingerprint density at radius 1 is 1.42 bits per heavy atom. The van der Waals surface area contributed by atoms with Crippen molar-refractivity contribution < 1.29 is 4.52 Å². The molecule has 0 bridgehead atoms. The van der Waals surface area contributed by atoms with Crippen LogP contribution in [0.4, 0.5) is 0 Å². The number of aromatic amines is 1. The predicted molar refractivity (Wildman–Crippen MR) is 68.6 cm³/mol. The molecule has 0 spiro atoms. The molecule has 0 aliphatic carbocycles. The van der Waals surface area contributed by atoms with Crippen LogP contribution in [0.25, 0.3) is 11.4 Å². The monoisotopic (exact) mass is 274 g/mol. The topological polar surface area (TPSA) is 85.4 Å². The van der Waals surface area contributed by atoms with Gasteiger partial charge in [0.2, 0.25) is 5.89 Å². The number of H-pyrrole nitrogens is 1. The summed E-state index contributed by atoms with van der Waals surface area (Å²) in [6.07, 6.45) is 5.44.